The highest BCUT2D eigenvalue weighted by atomic mass is 16.5. The molecule has 4 heteroatoms. The Bertz CT molecular complexity index is 861. The van der Waals surface area contributed by atoms with Gasteiger partial charge in [0.1, 0.15) is 12.4 Å². The molecule has 1 atom stereocenters. The molecule has 1 fully saturated rings. The van der Waals surface area contributed by atoms with E-state index >= 15 is 0 Å². The second kappa shape index (κ2) is 9.49. The zero-order valence-electron chi connectivity index (χ0n) is 16.0. The Morgan fingerprint density at radius 1 is 0.929 bits per heavy atom. The molecule has 0 amide bonds. The van der Waals surface area contributed by atoms with E-state index in [0.717, 1.165) is 29.8 Å². The Hall–Kier alpha value is -2.69. The van der Waals surface area contributed by atoms with Crippen molar-refractivity contribution in [2.75, 3.05) is 19.8 Å². The van der Waals surface area contributed by atoms with Crippen LogP contribution in [0.5, 0.6) is 5.75 Å². The summed E-state index contributed by atoms with van der Waals surface area (Å²) >= 11 is 0. The van der Waals surface area contributed by atoms with Gasteiger partial charge >= 0.3 is 0 Å². The third-order valence-electron chi connectivity index (χ3n) is 5.02. The van der Waals surface area contributed by atoms with Gasteiger partial charge in [0, 0.05) is 17.8 Å². The number of benzene rings is 2. The molecule has 0 spiro atoms. The Balaban J connectivity index is 1.27. The van der Waals surface area contributed by atoms with Crippen molar-refractivity contribution in [2.24, 2.45) is 0 Å². The van der Waals surface area contributed by atoms with E-state index in [1.165, 1.54) is 17.5 Å². The van der Waals surface area contributed by atoms with Crippen molar-refractivity contribution in [3.05, 3.63) is 84.2 Å². The maximum Gasteiger partial charge on any atom is 0.138 e. The molecule has 1 unspecified atom stereocenters. The number of ether oxygens (including phenoxy) is 2. The molecule has 144 valence electrons. The maximum absolute atomic E-state index is 5.86. The van der Waals surface area contributed by atoms with Crippen LogP contribution in [0.25, 0.3) is 11.1 Å². The van der Waals surface area contributed by atoms with Crippen LogP contribution in [-0.2, 0) is 17.8 Å². The monoisotopic (exact) mass is 374 g/mol. The van der Waals surface area contributed by atoms with Crippen LogP contribution in [-0.4, -0.2) is 30.8 Å². The molecule has 0 aliphatic carbocycles. The molecule has 4 nitrogen and oxygen atoms in total. The summed E-state index contributed by atoms with van der Waals surface area (Å²) in [6.07, 6.45) is 5.75. The molecule has 1 aliphatic rings. The topological polar surface area (TPSA) is 43.4 Å². The average Bonchev–Trinajstić information content (AvgIpc) is 2.72. The summed E-state index contributed by atoms with van der Waals surface area (Å²) < 4.78 is 11.6. The minimum Gasteiger partial charge on any atom is -0.490 e. The van der Waals surface area contributed by atoms with Crippen LogP contribution in [0.4, 0.5) is 0 Å². The van der Waals surface area contributed by atoms with Crippen LogP contribution in [0.1, 0.15) is 17.5 Å². The van der Waals surface area contributed by atoms with Crippen molar-refractivity contribution < 1.29 is 9.47 Å². The highest BCUT2D eigenvalue weighted by Crippen LogP contribution is 2.23. The number of nitrogens with one attached hydrogen (secondary N) is 1. The van der Waals surface area contributed by atoms with E-state index in [0.29, 0.717) is 25.9 Å². The lowest BCUT2D eigenvalue weighted by atomic mass is 10.0. The highest BCUT2D eigenvalue weighted by molar-refractivity contribution is 5.64. The summed E-state index contributed by atoms with van der Waals surface area (Å²) in [5.41, 5.74) is 4.70. The van der Waals surface area contributed by atoms with Crippen LogP contribution < -0.4 is 10.1 Å². The van der Waals surface area contributed by atoms with E-state index in [1.807, 2.05) is 24.4 Å². The van der Waals surface area contributed by atoms with Crippen molar-refractivity contribution in [3.63, 3.8) is 0 Å². The standard InChI is InChI=1S/C24H26N2O2/c1-2-4-20(5-3-1)17-27-13-11-19-6-8-21(9-7-19)22-14-24(16-25-15-22)28-18-23-10-12-26-23/h1-9,14-16,23,26H,10-13,17-18H2. The van der Waals surface area contributed by atoms with Crippen molar-refractivity contribution in [3.8, 4) is 16.9 Å². The van der Waals surface area contributed by atoms with Gasteiger partial charge in [0.2, 0.25) is 0 Å². The molecule has 1 aliphatic heterocycles. The third kappa shape index (κ3) is 5.18. The first-order valence-electron chi connectivity index (χ1n) is 9.89. The number of nitrogens with zero attached hydrogens (tertiary/aromatic N) is 1. The summed E-state index contributed by atoms with van der Waals surface area (Å²) in [5.74, 6) is 0.824. The van der Waals surface area contributed by atoms with Gasteiger partial charge in [-0.1, -0.05) is 54.6 Å². The average molecular weight is 374 g/mol. The minimum absolute atomic E-state index is 0.479. The summed E-state index contributed by atoms with van der Waals surface area (Å²) in [4.78, 5) is 4.33. The van der Waals surface area contributed by atoms with Crippen LogP contribution >= 0.6 is 0 Å². The molecule has 2 aromatic carbocycles. The minimum atomic E-state index is 0.479. The van der Waals surface area contributed by atoms with E-state index in [4.69, 9.17) is 9.47 Å². The molecular weight excluding hydrogens is 348 g/mol. The van der Waals surface area contributed by atoms with Gasteiger partial charge in [0.25, 0.3) is 0 Å². The summed E-state index contributed by atoms with van der Waals surface area (Å²) in [7, 11) is 0. The van der Waals surface area contributed by atoms with E-state index in [-0.39, 0.29) is 0 Å². The Morgan fingerprint density at radius 2 is 1.75 bits per heavy atom. The highest BCUT2D eigenvalue weighted by Gasteiger charge is 2.16. The second-order valence-corrected chi connectivity index (χ2v) is 7.15. The van der Waals surface area contributed by atoms with Gasteiger partial charge in [-0.15, -0.1) is 0 Å². The fourth-order valence-corrected chi connectivity index (χ4v) is 3.16. The number of hydrogen-bond acceptors (Lipinski definition) is 4. The Labute approximate surface area is 166 Å². The molecule has 2 heterocycles. The molecule has 3 aromatic rings. The number of pyridine rings is 1. The third-order valence-corrected chi connectivity index (χ3v) is 5.02. The van der Waals surface area contributed by atoms with Gasteiger partial charge in [-0.3, -0.25) is 4.98 Å². The first-order valence-corrected chi connectivity index (χ1v) is 9.89. The molecule has 0 radical (unpaired) electrons. The van der Waals surface area contributed by atoms with E-state index in [1.54, 1.807) is 6.20 Å². The fraction of sp³-hybridized carbons (Fsp3) is 0.292. The number of rotatable bonds is 9. The number of aromatic nitrogens is 1. The SMILES string of the molecule is c1ccc(COCCc2ccc(-c3cncc(OCC4CCN4)c3)cc2)cc1. The van der Waals surface area contributed by atoms with Gasteiger partial charge in [0.05, 0.1) is 19.4 Å². The second-order valence-electron chi connectivity index (χ2n) is 7.15. The van der Waals surface area contributed by atoms with Gasteiger partial charge < -0.3 is 14.8 Å². The zero-order valence-corrected chi connectivity index (χ0v) is 16.0. The lowest BCUT2D eigenvalue weighted by Crippen LogP contribution is -2.46. The van der Waals surface area contributed by atoms with Crippen molar-refractivity contribution in [1.29, 1.82) is 0 Å². The predicted molar refractivity (Wildman–Crippen MR) is 111 cm³/mol. The largest absolute Gasteiger partial charge is 0.490 e. The Morgan fingerprint density at radius 3 is 2.50 bits per heavy atom. The molecule has 1 N–H and O–H groups in total. The molecular formula is C24H26N2O2. The molecule has 0 bridgehead atoms. The van der Waals surface area contributed by atoms with E-state index in [2.05, 4.69) is 52.8 Å². The molecule has 1 aromatic heterocycles. The summed E-state index contributed by atoms with van der Waals surface area (Å²) in [6.45, 7) is 3.17. The van der Waals surface area contributed by atoms with Crippen molar-refractivity contribution in [2.45, 2.75) is 25.5 Å². The first kappa shape index (κ1) is 18.7. The Kier molecular flexibility index (Phi) is 6.32. The summed E-state index contributed by atoms with van der Waals surface area (Å²) in [6, 6.07) is 21.4. The van der Waals surface area contributed by atoms with Gasteiger partial charge in [0.15, 0.2) is 0 Å². The van der Waals surface area contributed by atoms with Crippen molar-refractivity contribution in [1.82, 2.24) is 10.3 Å². The van der Waals surface area contributed by atoms with Gasteiger partial charge in [-0.05, 0) is 42.1 Å². The van der Waals surface area contributed by atoms with Crippen LogP contribution in [0.15, 0.2) is 73.1 Å². The quantitative estimate of drug-likeness (QED) is 0.569. The molecule has 28 heavy (non-hydrogen) atoms. The lowest BCUT2D eigenvalue weighted by molar-refractivity contribution is 0.124. The van der Waals surface area contributed by atoms with Crippen LogP contribution in [0.3, 0.4) is 0 Å². The van der Waals surface area contributed by atoms with Gasteiger partial charge in [-0.2, -0.15) is 0 Å². The smallest absolute Gasteiger partial charge is 0.138 e. The maximum atomic E-state index is 5.86. The number of hydrogen-bond donors (Lipinski definition) is 1. The lowest BCUT2D eigenvalue weighted by Gasteiger charge is -2.27. The molecule has 4 rings (SSSR count). The summed E-state index contributed by atoms with van der Waals surface area (Å²) in [5, 5.41) is 3.34. The van der Waals surface area contributed by atoms with Crippen molar-refractivity contribution >= 4 is 0 Å². The van der Waals surface area contributed by atoms with E-state index in [9.17, 15) is 0 Å². The first-order chi connectivity index (χ1) is 13.9. The predicted octanol–water partition coefficient (Wildman–Crippen LogP) is 4.25. The fourth-order valence-electron chi connectivity index (χ4n) is 3.16. The van der Waals surface area contributed by atoms with Gasteiger partial charge in [-0.25, -0.2) is 0 Å². The van der Waals surface area contributed by atoms with E-state index < -0.39 is 0 Å². The van der Waals surface area contributed by atoms with Crippen LogP contribution in [0.2, 0.25) is 0 Å². The molecule has 0 saturated carbocycles. The molecule has 1 saturated heterocycles. The zero-order chi connectivity index (χ0) is 19.0. The van der Waals surface area contributed by atoms with Crippen LogP contribution in [0, 0.1) is 0 Å². The normalized spacial score (nSPS) is 15.8.